The molecule has 2 unspecified atom stereocenters. The van der Waals surface area contributed by atoms with Gasteiger partial charge in [-0.15, -0.1) is 0 Å². The molecule has 2 aromatic rings. The van der Waals surface area contributed by atoms with Crippen LogP contribution in [0.2, 0.25) is 0 Å². The quantitative estimate of drug-likeness (QED) is 0.374. The molecule has 1 saturated heterocycles. The molecule has 0 aliphatic carbocycles. The van der Waals surface area contributed by atoms with Crippen LogP contribution in [0.3, 0.4) is 0 Å². The molecule has 4 nitrogen and oxygen atoms in total. The van der Waals surface area contributed by atoms with E-state index in [1.165, 1.54) is 69.0 Å². The maximum absolute atomic E-state index is 10.8. The lowest BCUT2D eigenvalue weighted by Gasteiger charge is -2.41. The third-order valence-corrected chi connectivity index (χ3v) is 7.44. The molecule has 1 aromatic heterocycles. The average molecular weight is 441 g/mol. The van der Waals surface area contributed by atoms with Crippen LogP contribution in [-0.2, 0) is 6.42 Å². The van der Waals surface area contributed by atoms with Crippen molar-refractivity contribution in [2.75, 3.05) is 26.7 Å². The molecule has 1 fully saturated rings. The van der Waals surface area contributed by atoms with Gasteiger partial charge in [-0.2, -0.15) is 0 Å². The van der Waals surface area contributed by atoms with Crippen LogP contribution < -0.4 is 4.74 Å². The van der Waals surface area contributed by atoms with Crippen molar-refractivity contribution in [2.24, 2.45) is 11.8 Å². The molecule has 0 bridgehead atoms. The fourth-order valence-corrected chi connectivity index (χ4v) is 5.42. The molecular weight excluding hydrogens is 396 g/mol. The second kappa shape index (κ2) is 13.2. The number of piperidine rings is 1. The summed E-state index contributed by atoms with van der Waals surface area (Å²) in [6.45, 7) is 7.87. The van der Waals surface area contributed by atoms with E-state index in [1.807, 2.05) is 18.3 Å². The zero-order chi connectivity index (χ0) is 22.8. The number of methoxy groups -OCH3 is 1. The van der Waals surface area contributed by atoms with Gasteiger partial charge in [0.2, 0.25) is 0 Å². The highest BCUT2D eigenvalue weighted by Crippen LogP contribution is 2.32. The van der Waals surface area contributed by atoms with Gasteiger partial charge in [-0.25, -0.2) is 0 Å². The van der Waals surface area contributed by atoms with Gasteiger partial charge in [-0.3, -0.25) is 4.98 Å². The molecule has 3 rings (SSSR count). The van der Waals surface area contributed by atoms with Crippen LogP contribution in [0, 0.1) is 11.8 Å². The minimum Gasteiger partial charge on any atom is -0.497 e. The van der Waals surface area contributed by atoms with Crippen LogP contribution in [0.5, 0.6) is 5.75 Å². The standard InChI is InChI=1S/C28H44N2O2/c1-4-6-7-8-9-18-30-19-16-23(26(21-30)28(31)5-2)12-10-11-22-15-17-29-27-14-13-24(32-3)20-25(22)27/h13-15,17,20,23,26,28,31H,4-12,16,18-19,21H2,1-3H3/t23?,26?,28-/m1/s1. The normalized spacial score (nSPS) is 20.5. The summed E-state index contributed by atoms with van der Waals surface area (Å²) in [6, 6.07) is 8.29. The summed E-state index contributed by atoms with van der Waals surface area (Å²) in [5, 5.41) is 12.0. The fraction of sp³-hybridized carbons (Fsp3) is 0.679. The largest absolute Gasteiger partial charge is 0.497 e. The highest BCUT2D eigenvalue weighted by molar-refractivity contribution is 5.83. The lowest BCUT2D eigenvalue weighted by molar-refractivity contribution is 0.00753. The Morgan fingerprint density at radius 2 is 1.97 bits per heavy atom. The van der Waals surface area contributed by atoms with Crippen LogP contribution in [0.25, 0.3) is 10.9 Å². The smallest absolute Gasteiger partial charge is 0.119 e. The summed E-state index contributed by atoms with van der Waals surface area (Å²) in [5.74, 6) is 1.93. The molecule has 4 heteroatoms. The van der Waals surface area contributed by atoms with E-state index in [-0.39, 0.29) is 6.10 Å². The Morgan fingerprint density at radius 1 is 1.12 bits per heavy atom. The van der Waals surface area contributed by atoms with Crippen molar-refractivity contribution in [1.82, 2.24) is 9.88 Å². The van der Waals surface area contributed by atoms with Crippen molar-refractivity contribution in [3.05, 3.63) is 36.0 Å². The van der Waals surface area contributed by atoms with Crippen molar-refractivity contribution >= 4 is 10.9 Å². The summed E-state index contributed by atoms with van der Waals surface area (Å²) in [6.07, 6.45) is 13.9. The van der Waals surface area contributed by atoms with Gasteiger partial charge in [-0.1, -0.05) is 39.5 Å². The number of aryl methyl sites for hydroxylation is 1. The van der Waals surface area contributed by atoms with Gasteiger partial charge in [0.05, 0.1) is 18.7 Å². The van der Waals surface area contributed by atoms with Crippen molar-refractivity contribution in [1.29, 1.82) is 0 Å². The monoisotopic (exact) mass is 440 g/mol. The lowest BCUT2D eigenvalue weighted by atomic mass is 9.78. The fourth-order valence-electron chi connectivity index (χ4n) is 5.42. The van der Waals surface area contributed by atoms with Crippen LogP contribution in [0.4, 0.5) is 0 Å². The molecule has 3 atom stereocenters. The van der Waals surface area contributed by atoms with Gasteiger partial charge in [-0.05, 0) is 87.4 Å². The Bertz CT molecular complexity index is 809. The predicted molar refractivity (Wildman–Crippen MR) is 134 cm³/mol. The first kappa shape index (κ1) is 25.0. The first-order valence-electron chi connectivity index (χ1n) is 13.0. The summed E-state index contributed by atoms with van der Waals surface area (Å²) < 4.78 is 5.43. The third kappa shape index (κ3) is 6.92. The van der Waals surface area contributed by atoms with Crippen LogP contribution >= 0.6 is 0 Å². The predicted octanol–water partition coefficient (Wildman–Crippen LogP) is 6.25. The van der Waals surface area contributed by atoms with Gasteiger partial charge in [0.15, 0.2) is 0 Å². The molecule has 0 saturated carbocycles. The number of pyridine rings is 1. The van der Waals surface area contributed by atoms with Gasteiger partial charge in [0, 0.05) is 24.0 Å². The minimum absolute atomic E-state index is 0.172. The zero-order valence-electron chi connectivity index (χ0n) is 20.6. The van der Waals surface area contributed by atoms with Crippen LogP contribution in [0.1, 0.15) is 77.2 Å². The number of likely N-dealkylation sites (tertiary alicyclic amines) is 1. The van der Waals surface area contributed by atoms with Gasteiger partial charge in [0.1, 0.15) is 5.75 Å². The lowest BCUT2D eigenvalue weighted by Crippen LogP contribution is -2.45. The first-order valence-corrected chi connectivity index (χ1v) is 13.0. The van der Waals surface area contributed by atoms with Crippen molar-refractivity contribution in [3.63, 3.8) is 0 Å². The molecule has 0 radical (unpaired) electrons. The molecule has 1 aliphatic rings. The number of unbranched alkanes of at least 4 members (excludes halogenated alkanes) is 4. The molecule has 178 valence electrons. The number of hydrogen-bond donors (Lipinski definition) is 1. The molecule has 1 aliphatic heterocycles. The van der Waals surface area contributed by atoms with Gasteiger partial charge >= 0.3 is 0 Å². The Morgan fingerprint density at radius 3 is 2.75 bits per heavy atom. The van der Waals surface area contributed by atoms with Crippen molar-refractivity contribution < 1.29 is 9.84 Å². The van der Waals surface area contributed by atoms with E-state index in [9.17, 15) is 5.11 Å². The van der Waals surface area contributed by atoms with E-state index in [4.69, 9.17) is 4.74 Å². The summed E-state index contributed by atoms with van der Waals surface area (Å²) in [5.41, 5.74) is 2.39. The first-order chi connectivity index (χ1) is 15.7. The molecule has 32 heavy (non-hydrogen) atoms. The molecule has 1 N–H and O–H groups in total. The molecule has 2 heterocycles. The van der Waals surface area contributed by atoms with E-state index < -0.39 is 0 Å². The number of ether oxygens (including phenoxy) is 1. The second-order valence-corrected chi connectivity index (χ2v) is 9.65. The van der Waals surface area contributed by atoms with Crippen LogP contribution in [-0.4, -0.2) is 47.8 Å². The number of fused-ring (bicyclic) bond motifs is 1. The highest BCUT2D eigenvalue weighted by atomic mass is 16.5. The van der Waals surface area contributed by atoms with Crippen LogP contribution in [0.15, 0.2) is 30.5 Å². The number of hydrogen-bond acceptors (Lipinski definition) is 4. The topological polar surface area (TPSA) is 45.6 Å². The third-order valence-electron chi connectivity index (χ3n) is 7.44. The Hall–Kier alpha value is -1.65. The molecule has 0 amide bonds. The SMILES string of the molecule is CCCCCCCN1CCC(CCCc2ccnc3ccc(OC)cc23)C([C@H](O)CC)C1. The van der Waals surface area contributed by atoms with E-state index in [0.29, 0.717) is 11.8 Å². The highest BCUT2D eigenvalue weighted by Gasteiger charge is 2.32. The summed E-state index contributed by atoms with van der Waals surface area (Å²) in [7, 11) is 1.72. The maximum atomic E-state index is 10.8. The Balaban J connectivity index is 1.54. The number of nitrogens with zero attached hydrogens (tertiary/aromatic N) is 2. The number of aromatic nitrogens is 1. The Kier molecular flexibility index (Phi) is 10.3. The second-order valence-electron chi connectivity index (χ2n) is 9.65. The number of aliphatic hydroxyl groups is 1. The molecule has 0 spiro atoms. The van der Waals surface area contributed by atoms with Crippen molar-refractivity contribution in [3.8, 4) is 5.75 Å². The molecular formula is C28H44N2O2. The average Bonchev–Trinajstić information content (AvgIpc) is 2.83. The molecule has 1 aromatic carbocycles. The van der Waals surface area contributed by atoms with E-state index >= 15 is 0 Å². The summed E-state index contributed by atoms with van der Waals surface area (Å²) in [4.78, 5) is 7.14. The minimum atomic E-state index is -0.172. The number of rotatable bonds is 13. The Labute approximate surface area is 195 Å². The zero-order valence-corrected chi connectivity index (χ0v) is 20.6. The maximum Gasteiger partial charge on any atom is 0.119 e. The van der Waals surface area contributed by atoms with Gasteiger partial charge < -0.3 is 14.7 Å². The van der Waals surface area contributed by atoms with E-state index in [1.54, 1.807) is 7.11 Å². The van der Waals surface area contributed by atoms with Crippen molar-refractivity contribution in [2.45, 2.75) is 84.2 Å². The van der Waals surface area contributed by atoms with E-state index in [0.717, 1.165) is 37.1 Å². The van der Waals surface area contributed by atoms with E-state index in [2.05, 4.69) is 35.9 Å². The van der Waals surface area contributed by atoms with Gasteiger partial charge in [0.25, 0.3) is 0 Å². The number of benzene rings is 1. The number of aliphatic hydroxyl groups excluding tert-OH is 1. The summed E-state index contributed by atoms with van der Waals surface area (Å²) >= 11 is 0.